The molecule has 0 unspecified atom stereocenters. The van der Waals surface area contributed by atoms with Crippen LogP contribution in [0.25, 0.3) is 0 Å². The molecule has 0 radical (unpaired) electrons. The van der Waals surface area contributed by atoms with Crippen LogP contribution in [0.5, 0.6) is 0 Å². The van der Waals surface area contributed by atoms with Gasteiger partial charge in [-0.1, -0.05) is 0 Å². The van der Waals surface area contributed by atoms with Crippen LogP contribution in [0.4, 0.5) is 0 Å². The van der Waals surface area contributed by atoms with Crippen LogP contribution in [0.1, 0.15) is 13.8 Å². The molecule has 0 aromatic heterocycles. The molecule has 0 spiro atoms. The van der Waals surface area contributed by atoms with Gasteiger partial charge in [-0.2, -0.15) is 0 Å². The minimum atomic E-state index is 0.766. The first kappa shape index (κ1) is 7.84. The second kappa shape index (κ2) is 3.80. The quantitative estimate of drug-likeness (QED) is 0.606. The van der Waals surface area contributed by atoms with Gasteiger partial charge in [0.25, 0.3) is 0 Å². The number of benzene rings is 1. The van der Waals surface area contributed by atoms with Crippen LogP contribution in [0, 0.1) is 0 Å². The van der Waals surface area contributed by atoms with Gasteiger partial charge in [-0.15, -0.1) is 0 Å². The van der Waals surface area contributed by atoms with Crippen molar-refractivity contribution in [3.8, 4) is 0 Å². The van der Waals surface area contributed by atoms with Crippen molar-refractivity contribution >= 4 is 4.46 Å². The summed E-state index contributed by atoms with van der Waals surface area (Å²) in [5, 5.41) is 0. The normalized spacial score (nSPS) is 10.7. The molecule has 0 heterocycles. The molecule has 0 atom stereocenters. The van der Waals surface area contributed by atoms with Crippen molar-refractivity contribution in [2.45, 2.75) is 18.7 Å². The first-order valence-electron chi connectivity index (χ1n) is 3.45. The Balaban J connectivity index is 2.59. The third kappa shape index (κ3) is 2.55. The zero-order valence-corrected chi connectivity index (χ0v) is 7.42. The Kier molecular flexibility index (Phi) is 2.98. The second-order valence-corrected chi connectivity index (χ2v) is 4.60. The van der Waals surface area contributed by atoms with E-state index in [2.05, 4.69) is 44.2 Å². The van der Waals surface area contributed by atoms with Crippen molar-refractivity contribution in [1.82, 2.24) is 0 Å². The van der Waals surface area contributed by atoms with Crippen LogP contribution >= 0.6 is 0 Å². The molecule has 1 heteroatoms. The van der Waals surface area contributed by atoms with Gasteiger partial charge in [0.05, 0.1) is 0 Å². The molecule has 0 nitrogen and oxygen atoms in total. The van der Waals surface area contributed by atoms with Gasteiger partial charge in [0.15, 0.2) is 0 Å². The summed E-state index contributed by atoms with van der Waals surface area (Å²) < 4.78 is 1.44. The third-order valence-corrected chi connectivity index (χ3v) is 2.42. The standard InChI is InChI=1S/C6H5.C3H7.Fe/c1-2-4-6-5-3-1;1-3-2;/h1-5H;3H,1-2H3;. The molecule has 1 aromatic carbocycles. The van der Waals surface area contributed by atoms with Crippen LogP contribution in [-0.4, -0.2) is 0 Å². The third-order valence-electron chi connectivity index (χ3n) is 1.05. The summed E-state index contributed by atoms with van der Waals surface area (Å²) in [7, 11) is 0. The molecular weight excluding hydrogens is 164 g/mol. The zero-order chi connectivity index (χ0) is 7.40. The molecular formula is C9H12Fe. The molecule has 0 fully saturated rings. The second-order valence-electron chi connectivity index (χ2n) is 2.37. The summed E-state index contributed by atoms with van der Waals surface area (Å²) in [6.07, 6.45) is 0. The fraction of sp³-hybridized carbons (Fsp3) is 0.333. The molecule has 0 aliphatic carbocycles. The van der Waals surface area contributed by atoms with Crippen LogP contribution in [0.2, 0.25) is 4.82 Å². The van der Waals surface area contributed by atoms with E-state index >= 15 is 0 Å². The molecule has 0 N–H and O–H groups in total. The molecule has 1 aromatic rings. The van der Waals surface area contributed by atoms with Crippen LogP contribution in [0.3, 0.4) is 0 Å². The van der Waals surface area contributed by atoms with Crippen LogP contribution in [0.15, 0.2) is 30.3 Å². The Hall–Kier alpha value is -0.261. The first-order chi connectivity index (χ1) is 4.79. The molecule has 0 bridgehead atoms. The summed E-state index contributed by atoms with van der Waals surface area (Å²) in [5.74, 6) is 0. The molecule has 0 saturated carbocycles. The van der Waals surface area contributed by atoms with Gasteiger partial charge in [0.2, 0.25) is 0 Å². The molecule has 0 aliphatic rings. The van der Waals surface area contributed by atoms with Crippen molar-refractivity contribution in [2.24, 2.45) is 0 Å². The van der Waals surface area contributed by atoms with E-state index in [1.807, 2.05) is 0 Å². The summed E-state index contributed by atoms with van der Waals surface area (Å²) in [4.78, 5) is 0.766. The number of hydrogen-bond donors (Lipinski definition) is 0. The van der Waals surface area contributed by atoms with Gasteiger partial charge in [0.1, 0.15) is 0 Å². The first-order valence-corrected chi connectivity index (χ1v) is 4.64. The average molecular weight is 176 g/mol. The van der Waals surface area contributed by atoms with Crippen molar-refractivity contribution in [1.29, 1.82) is 0 Å². The Morgan fingerprint density at radius 3 is 2.20 bits per heavy atom. The molecule has 0 amide bonds. The van der Waals surface area contributed by atoms with Gasteiger partial charge in [-0.05, 0) is 0 Å². The summed E-state index contributed by atoms with van der Waals surface area (Å²) in [5.41, 5.74) is 0. The Morgan fingerprint density at radius 2 is 1.70 bits per heavy atom. The Bertz CT molecular complexity index is 179. The van der Waals surface area contributed by atoms with Gasteiger partial charge >= 0.3 is 68.4 Å². The number of rotatable bonds is 2. The molecule has 1 rings (SSSR count). The van der Waals surface area contributed by atoms with Crippen molar-refractivity contribution in [3.63, 3.8) is 0 Å². The van der Waals surface area contributed by atoms with E-state index in [0.29, 0.717) is 0 Å². The van der Waals surface area contributed by atoms with E-state index in [1.54, 1.807) is 0 Å². The maximum atomic E-state index is 2.24. The van der Waals surface area contributed by atoms with Crippen LogP contribution in [-0.2, 0) is 15.0 Å². The van der Waals surface area contributed by atoms with Crippen molar-refractivity contribution in [2.75, 3.05) is 0 Å². The zero-order valence-electron chi connectivity index (χ0n) is 6.32. The summed E-state index contributed by atoms with van der Waals surface area (Å²) in [6, 6.07) is 10.6. The average Bonchev–Trinajstić information content (AvgIpc) is 1.88. The van der Waals surface area contributed by atoms with Gasteiger partial charge < -0.3 is 0 Å². The molecule has 56 valence electrons. The topological polar surface area (TPSA) is 0 Å². The van der Waals surface area contributed by atoms with Crippen molar-refractivity contribution < 1.29 is 15.0 Å². The predicted octanol–water partition coefficient (Wildman–Crippen LogP) is 2.22. The fourth-order valence-electron chi connectivity index (χ4n) is 0.714. The number of hydrogen-bond acceptors (Lipinski definition) is 0. The van der Waals surface area contributed by atoms with E-state index in [-0.39, 0.29) is 0 Å². The van der Waals surface area contributed by atoms with Gasteiger partial charge in [-0.3, -0.25) is 0 Å². The van der Waals surface area contributed by atoms with E-state index in [9.17, 15) is 0 Å². The van der Waals surface area contributed by atoms with Crippen molar-refractivity contribution in [3.05, 3.63) is 30.3 Å². The molecule has 0 saturated heterocycles. The Labute approximate surface area is 68.8 Å². The van der Waals surface area contributed by atoms with Gasteiger partial charge in [0, 0.05) is 0 Å². The van der Waals surface area contributed by atoms with E-state index in [4.69, 9.17) is 0 Å². The van der Waals surface area contributed by atoms with E-state index in [0.717, 1.165) is 4.82 Å². The maximum absolute atomic E-state index is 2.24. The molecule has 10 heavy (non-hydrogen) atoms. The van der Waals surface area contributed by atoms with Gasteiger partial charge in [-0.25, -0.2) is 0 Å². The minimum absolute atomic E-state index is 0.766. The Morgan fingerprint density at radius 1 is 1.10 bits per heavy atom. The SMILES string of the molecule is C[CH](C)[Fe][c]1ccccc1. The predicted molar refractivity (Wildman–Crippen MR) is 41.2 cm³/mol. The fourth-order valence-corrected chi connectivity index (χ4v) is 1.87. The van der Waals surface area contributed by atoms with E-state index < -0.39 is 0 Å². The molecule has 0 aliphatic heterocycles. The monoisotopic (exact) mass is 176 g/mol. The van der Waals surface area contributed by atoms with E-state index in [1.165, 1.54) is 19.4 Å². The van der Waals surface area contributed by atoms with Crippen LogP contribution < -0.4 is 4.46 Å². The summed E-state index contributed by atoms with van der Waals surface area (Å²) >= 11 is 1.20. The summed E-state index contributed by atoms with van der Waals surface area (Å²) in [6.45, 7) is 4.49.